The highest BCUT2D eigenvalue weighted by atomic mass is 32.1. The van der Waals surface area contributed by atoms with Crippen molar-refractivity contribution in [1.29, 1.82) is 0 Å². The van der Waals surface area contributed by atoms with E-state index in [9.17, 15) is 18.8 Å². The average molecular weight is 452 g/mol. The Morgan fingerprint density at radius 1 is 1.09 bits per heavy atom. The van der Waals surface area contributed by atoms with Crippen molar-refractivity contribution in [2.24, 2.45) is 5.92 Å². The second-order valence-electron chi connectivity index (χ2n) is 7.72. The number of carbonyl (C=O) groups is 3. The normalized spacial score (nSPS) is 18.4. The van der Waals surface area contributed by atoms with E-state index in [0.29, 0.717) is 12.1 Å². The number of esters is 1. The lowest BCUT2D eigenvalue weighted by atomic mass is 9.87. The Hall–Kier alpha value is -3.32. The van der Waals surface area contributed by atoms with E-state index in [1.807, 2.05) is 48.7 Å². The van der Waals surface area contributed by atoms with Crippen LogP contribution in [0.25, 0.3) is 0 Å². The van der Waals surface area contributed by atoms with Gasteiger partial charge in [-0.1, -0.05) is 35.9 Å². The van der Waals surface area contributed by atoms with Crippen LogP contribution in [0.1, 0.15) is 39.7 Å². The molecule has 1 aliphatic heterocycles. The van der Waals surface area contributed by atoms with E-state index in [1.165, 1.54) is 29.5 Å². The van der Waals surface area contributed by atoms with E-state index in [0.717, 1.165) is 10.4 Å². The molecule has 5 nitrogen and oxygen atoms in total. The number of halogens is 1. The summed E-state index contributed by atoms with van der Waals surface area (Å²) in [7, 11) is 0. The number of piperidine rings is 1. The van der Waals surface area contributed by atoms with Crippen molar-refractivity contribution in [3.63, 3.8) is 0 Å². The van der Waals surface area contributed by atoms with E-state index < -0.39 is 36.1 Å². The third kappa shape index (κ3) is 4.48. The predicted molar refractivity (Wildman–Crippen MR) is 120 cm³/mol. The van der Waals surface area contributed by atoms with Gasteiger partial charge in [0.2, 0.25) is 11.7 Å². The van der Waals surface area contributed by atoms with Crippen LogP contribution >= 0.6 is 11.3 Å². The smallest absolute Gasteiger partial charge is 0.311 e. The van der Waals surface area contributed by atoms with Crippen LogP contribution in [0.15, 0.2) is 66.0 Å². The Morgan fingerprint density at radius 3 is 2.53 bits per heavy atom. The van der Waals surface area contributed by atoms with Crippen molar-refractivity contribution in [3.8, 4) is 0 Å². The van der Waals surface area contributed by atoms with Crippen molar-refractivity contribution < 1.29 is 23.5 Å². The quantitative estimate of drug-likeness (QED) is 0.386. The fourth-order valence-corrected chi connectivity index (χ4v) is 4.82. The highest BCUT2D eigenvalue weighted by Gasteiger charge is 2.43. The Labute approximate surface area is 189 Å². The summed E-state index contributed by atoms with van der Waals surface area (Å²) in [6, 6.07) is 16.4. The zero-order valence-corrected chi connectivity index (χ0v) is 18.3. The molecule has 0 bridgehead atoms. The molecule has 1 amide bonds. The van der Waals surface area contributed by atoms with Crippen LogP contribution in [0.4, 0.5) is 10.1 Å². The molecular weight excluding hydrogens is 429 g/mol. The van der Waals surface area contributed by atoms with Gasteiger partial charge in [0.25, 0.3) is 0 Å². The maximum atomic E-state index is 13.9. The summed E-state index contributed by atoms with van der Waals surface area (Å²) >= 11 is 1.46. The lowest BCUT2D eigenvalue weighted by molar-refractivity contribution is -0.149. The van der Waals surface area contributed by atoms with Crippen molar-refractivity contribution in [1.82, 2.24) is 0 Å². The first-order valence-corrected chi connectivity index (χ1v) is 11.2. The third-order valence-electron chi connectivity index (χ3n) is 5.57. The third-order valence-corrected chi connectivity index (χ3v) is 6.51. The number of hydrogen-bond donors (Lipinski definition) is 0. The monoisotopic (exact) mass is 451 g/mol. The van der Waals surface area contributed by atoms with Crippen LogP contribution in [0.5, 0.6) is 0 Å². The van der Waals surface area contributed by atoms with Crippen molar-refractivity contribution >= 4 is 34.7 Å². The van der Waals surface area contributed by atoms with Gasteiger partial charge in [0.05, 0.1) is 17.5 Å². The van der Waals surface area contributed by atoms with Gasteiger partial charge in [-0.05, 0) is 49.1 Å². The minimum Gasteiger partial charge on any atom is -0.457 e. The van der Waals surface area contributed by atoms with E-state index in [-0.39, 0.29) is 17.9 Å². The molecule has 2 aromatic carbocycles. The number of thiophene rings is 1. The Kier molecular flexibility index (Phi) is 6.46. The summed E-state index contributed by atoms with van der Waals surface area (Å²) in [5.41, 5.74) is 1.66. The van der Waals surface area contributed by atoms with Crippen molar-refractivity contribution in [3.05, 3.63) is 87.9 Å². The highest BCUT2D eigenvalue weighted by molar-refractivity contribution is 7.10. The average Bonchev–Trinajstić information content (AvgIpc) is 3.33. The Bertz CT molecular complexity index is 1130. The number of hydrogen-bond acceptors (Lipinski definition) is 5. The standard InChI is InChI=1S/C25H22FNO4S/c1-16-8-10-17(11-9-16)27-23(29)13-12-19(24(27)22-7-4-14-32-22)25(30)31-15-21(28)18-5-2-3-6-20(18)26/h2-11,14,19,24H,12-13,15H2,1H3. The molecule has 32 heavy (non-hydrogen) atoms. The number of ether oxygens (including phenoxy) is 1. The highest BCUT2D eigenvalue weighted by Crippen LogP contribution is 2.42. The van der Waals surface area contributed by atoms with Gasteiger partial charge >= 0.3 is 5.97 Å². The maximum absolute atomic E-state index is 13.9. The number of anilines is 1. The van der Waals surface area contributed by atoms with Gasteiger partial charge in [-0.2, -0.15) is 0 Å². The molecule has 4 rings (SSSR count). The molecule has 2 heterocycles. The van der Waals surface area contributed by atoms with Crippen LogP contribution in [0, 0.1) is 18.7 Å². The maximum Gasteiger partial charge on any atom is 0.311 e. The number of aryl methyl sites for hydroxylation is 1. The molecule has 0 saturated carbocycles. The first-order valence-electron chi connectivity index (χ1n) is 10.3. The molecule has 0 radical (unpaired) electrons. The summed E-state index contributed by atoms with van der Waals surface area (Å²) in [6.07, 6.45) is 0.507. The zero-order chi connectivity index (χ0) is 22.7. The first-order chi connectivity index (χ1) is 15.5. The fourth-order valence-electron chi connectivity index (χ4n) is 3.94. The van der Waals surface area contributed by atoms with E-state index in [1.54, 1.807) is 11.0 Å². The van der Waals surface area contributed by atoms with Crippen LogP contribution < -0.4 is 4.90 Å². The number of benzene rings is 2. The molecule has 1 aliphatic rings. The number of amides is 1. The van der Waals surface area contributed by atoms with Gasteiger partial charge in [0.1, 0.15) is 5.82 Å². The van der Waals surface area contributed by atoms with Gasteiger partial charge in [0.15, 0.2) is 6.61 Å². The predicted octanol–water partition coefficient (Wildman–Crippen LogP) is 5.11. The molecule has 1 fully saturated rings. The van der Waals surface area contributed by atoms with Gasteiger partial charge in [0, 0.05) is 17.0 Å². The van der Waals surface area contributed by atoms with Gasteiger partial charge in [-0.25, -0.2) is 4.39 Å². The molecule has 1 saturated heterocycles. The van der Waals surface area contributed by atoms with E-state index >= 15 is 0 Å². The summed E-state index contributed by atoms with van der Waals surface area (Å²) in [5, 5.41) is 1.89. The number of nitrogens with zero attached hydrogens (tertiary/aromatic N) is 1. The van der Waals surface area contributed by atoms with Gasteiger partial charge < -0.3 is 9.64 Å². The second-order valence-corrected chi connectivity index (χ2v) is 8.69. The SMILES string of the molecule is Cc1ccc(N2C(=O)CCC(C(=O)OCC(=O)c3ccccc3F)C2c2cccs2)cc1. The largest absolute Gasteiger partial charge is 0.457 e. The molecule has 2 atom stereocenters. The number of carbonyl (C=O) groups excluding carboxylic acids is 3. The molecule has 0 spiro atoms. The lowest BCUT2D eigenvalue weighted by Gasteiger charge is -2.39. The summed E-state index contributed by atoms with van der Waals surface area (Å²) < 4.78 is 19.2. The molecule has 164 valence electrons. The van der Waals surface area contributed by atoms with Crippen molar-refractivity contribution in [2.45, 2.75) is 25.8 Å². The minimum absolute atomic E-state index is 0.0706. The van der Waals surface area contributed by atoms with Crippen molar-refractivity contribution in [2.75, 3.05) is 11.5 Å². The summed E-state index contributed by atoms with van der Waals surface area (Å²) in [4.78, 5) is 40.9. The number of ketones is 1. The fraction of sp³-hybridized carbons (Fsp3) is 0.240. The Balaban J connectivity index is 1.58. The molecule has 7 heteroatoms. The summed E-state index contributed by atoms with van der Waals surface area (Å²) in [6.45, 7) is 1.41. The van der Waals surface area contributed by atoms with E-state index in [4.69, 9.17) is 4.74 Å². The first kappa shape index (κ1) is 21.9. The van der Waals surface area contributed by atoms with Crippen LogP contribution in [0.2, 0.25) is 0 Å². The molecule has 0 aliphatic carbocycles. The molecular formula is C25H22FNO4S. The Morgan fingerprint density at radius 2 is 1.84 bits per heavy atom. The summed E-state index contributed by atoms with van der Waals surface area (Å²) in [5.74, 6) is -2.54. The molecule has 3 aromatic rings. The lowest BCUT2D eigenvalue weighted by Crippen LogP contribution is -2.46. The number of rotatable bonds is 6. The zero-order valence-electron chi connectivity index (χ0n) is 17.5. The molecule has 2 unspecified atom stereocenters. The van der Waals surface area contributed by atoms with Crippen LogP contribution in [-0.2, 0) is 14.3 Å². The van der Waals surface area contributed by atoms with Crippen LogP contribution in [-0.4, -0.2) is 24.3 Å². The van der Waals surface area contributed by atoms with Crippen LogP contribution in [0.3, 0.4) is 0 Å². The molecule has 0 N–H and O–H groups in total. The minimum atomic E-state index is -0.654. The van der Waals surface area contributed by atoms with Gasteiger partial charge in [-0.15, -0.1) is 11.3 Å². The number of Topliss-reactive ketones (excluding diaryl/α,β-unsaturated/α-hetero) is 1. The van der Waals surface area contributed by atoms with Gasteiger partial charge in [-0.3, -0.25) is 14.4 Å². The topological polar surface area (TPSA) is 63.7 Å². The van der Waals surface area contributed by atoms with E-state index in [2.05, 4.69) is 0 Å². The molecule has 1 aromatic heterocycles. The second kappa shape index (κ2) is 9.44.